The number of hydrogen-bond donors (Lipinski definition) is 3. The molecule has 0 radical (unpaired) electrons. The Morgan fingerprint density at radius 1 is 1.36 bits per heavy atom. The lowest BCUT2D eigenvalue weighted by Gasteiger charge is -1.94. The van der Waals surface area contributed by atoms with Gasteiger partial charge in [0.25, 0.3) is 0 Å². The van der Waals surface area contributed by atoms with Crippen molar-refractivity contribution < 1.29 is 5.11 Å². The molecule has 4 N–H and O–H groups in total. The highest BCUT2D eigenvalue weighted by Gasteiger charge is 1.78. The minimum absolute atomic E-state index is 0.250. The fourth-order valence-corrected chi connectivity index (χ4v) is 0.534. The number of para-hydroxylation sites is 1. The molecule has 3 heteroatoms. The van der Waals surface area contributed by atoms with E-state index in [1.807, 2.05) is 30.3 Å². The fourth-order valence-electron chi connectivity index (χ4n) is 0.534. The smallest absolute Gasteiger partial charge is 0.0485 e. The van der Waals surface area contributed by atoms with Gasteiger partial charge in [0.2, 0.25) is 0 Å². The summed E-state index contributed by atoms with van der Waals surface area (Å²) >= 11 is 0. The third-order valence-electron chi connectivity index (χ3n) is 0.940. The average molecular weight is 154 g/mol. The summed E-state index contributed by atoms with van der Waals surface area (Å²) in [4.78, 5) is 0. The Morgan fingerprint density at radius 3 is 2.09 bits per heavy atom. The van der Waals surface area contributed by atoms with Crippen molar-refractivity contribution in [3.63, 3.8) is 0 Å². The van der Waals surface area contributed by atoms with Gasteiger partial charge in [0.05, 0.1) is 0 Å². The Bertz CT molecular complexity index is 165. The van der Waals surface area contributed by atoms with Crippen molar-refractivity contribution in [3.05, 3.63) is 30.3 Å². The molecule has 0 unspecified atom stereocenters. The number of hydrogen-bond acceptors (Lipinski definition) is 3. The summed E-state index contributed by atoms with van der Waals surface area (Å²) < 4.78 is 0. The van der Waals surface area contributed by atoms with Crippen LogP contribution in [0.1, 0.15) is 6.92 Å². The van der Waals surface area contributed by atoms with Crippen molar-refractivity contribution in [3.8, 4) is 0 Å². The van der Waals surface area contributed by atoms with Crippen LogP contribution in [-0.2, 0) is 0 Å². The second-order valence-corrected chi connectivity index (χ2v) is 1.83. The van der Waals surface area contributed by atoms with E-state index in [0.29, 0.717) is 0 Å². The molecule has 0 heterocycles. The highest BCUT2D eigenvalue weighted by Crippen LogP contribution is 2.00. The Morgan fingerprint density at radius 2 is 1.82 bits per heavy atom. The Hall–Kier alpha value is -1.06. The van der Waals surface area contributed by atoms with Crippen LogP contribution in [-0.4, -0.2) is 11.7 Å². The molecule has 0 atom stereocenters. The lowest BCUT2D eigenvalue weighted by molar-refractivity contribution is 0.318. The number of anilines is 1. The maximum Gasteiger partial charge on any atom is 0.0485 e. The van der Waals surface area contributed by atoms with Crippen LogP contribution >= 0.6 is 0 Å². The zero-order valence-corrected chi connectivity index (χ0v) is 6.62. The molecule has 0 aliphatic rings. The van der Waals surface area contributed by atoms with Gasteiger partial charge in [-0.25, -0.2) is 0 Å². The molecule has 0 spiro atoms. The van der Waals surface area contributed by atoms with Crippen LogP contribution in [0.5, 0.6) is 0 Å². The van der Waals surface area contributed by atoms with E-state index in [-0.39, 0.29) is 6.61 Å². The van der Waals surface area contributed by atoms with Gasteiger partial charge in [-0.3, -0.25) is 5.84 Å². The highest BCUT2D eigenvalue weighted by atomic mass is 16.2. The second-order valence-electron chi connectivity index (χ2n) is 1.83. The maximum absolute atomic E-state index is 7.57. The molecule has 0 aromatic heterocycles. The van der Waals surface area contributed by atoms with Crippen molar-refractivity contribution >= 4 is 5.69 Å². The summed E-state index contributed by atoms with van der Waals surface area (Å²) in [6.07, 6.45) is 0. The van der Waals surface area contributed by atoms with Crippen LogP contribution in [0.3, 0.4) is 0 Å². The van der Waals surface area contributed by atoms with E-state index in [4.69, 9.17) is 10.9 Å². The van der Waals surface area contributed by atoms with Crippen LogP contribution in [0.4, 0.5) is 5.69 Å². The second kappa shape index (κ2) is 7.05. The minimum atomic E-state index is 0.250. The molecule has 0 aliphatic heterocycles. The zero-order chi connectivity index (χ0) is 8.53. The average Bonchev–Trinajstić information content (AvgIpc) is 2.08. The van der Waals surface area contributed by atoms with E-state index >= 15 is 0 Å². The van der Waals surface area contributed by atoms with Gasteiger partial charge >= 0.3 is 0 Å². The molecule has 1 aromatic rings. The molecule has 0 saturated heterocycles. The van der Waals surface area contributed by atoms with Crippen molar-refractivity contribution in [1.82, 2.24) is 0 Å². The summed E-state index contributed by atoms with van der Waals surface area (Å²) in [5, 5.41) is 7.57. The molecule has 11 heavy (non-hydrogen) atoms. The molecule has 0 fully saturated rings. The third-order valence-corrected chi connectivity index (χ3v) is 0.940. The molecular weight excluding hydrogens is 140 g/mol. The topological polar surface area (TPSA) is 58.3 Å². The predicted octanol–water partition coefficient (Wildman–Crippen LogP) is 0.971. The fraction of sp³-hybridized carbons (Fsp3) is 0.250. The lowest BCUT2D eigenvalue weighted by atomic mass is 10.3. The van der Waals surface area contributed by atoms with Gasteiger partial charge in [0.1, 0.15) is 0 Å². The van der Waals surface area contributed by atoms with Crippen LogP contribution in [0.25, 0.3) is 0 Å². The number of nitrogens with one attached hydrogen (secondary N) is 1. The lowest BCUT2D eigenvalue weighted by Crippen LogP contribution is -2.05. The Kier molecular flexibility index (Phi) is 6.37. The van der Waals surface area contributed by atoms with Gasteiger partial charge in [0, 0.05) is 12.3 Å². The summed E-state index contributed by atoms with van der Waals surface area (Å²) in [6, 6.07) is 9.60. The van der Waals surface area contributed by atoms with Crippen LogP contribution < -0.4 is 11.3 Å². The number of nitrogen functional groups attached to an aromatic ring is 1. The predicted molar refractivity (Wildman–Crippen MR) is 47.0 cm³/mol. The van der Waals surface area contributed by atoms with Gasteiger partial charge in [-0.2, -0.15) is 0 Å². The Balaban J connectivity index is 0.000000292. The van der Waals surface area contributed by atoms with Crippen LogP contribution in [0, 0.1) is 0 Å². The molecule has 0 saturated carbocycles. The first-order valence-electron chi connectivity index (χ1n) is 3.47. The first kappa shape index (κ1) is 9.94. The maximum atomic E-state index is 7.57. The largest absolute Gasteiger partial charge is 0.397 e. The van der Waals surface area contributed by atoms with Crippen LogP contribution in [0.15, 0.2) is 30.3 Å². The van der Waals surface area contributed by atoms with E-state index in [9.17, 15) is 0 Å². The monoisotopic (exact) mass is 154 g/mol. The molecule has 3 nitrogen and oxygen atoms in total. The number of aliphatic hydroxyl groups is 1. The van der Waals surface area contributed by atoms with Gasteiger partial charge in [-0.15, -0.1) is 0 Å². The molecule has 0 amide bonds. The molecule has 0 bridgehead atoms. The minimum Gasteiger partial charge on any atom is -0.397 e. The molecule has 1 rings (SSSR count). The molecule has 62 valence electrons. The van der Waals surface area contributed by atoms with Gasteiger partial charge in [-0.1, -0.05) is 18.2 Å². The van der Waals surface area contributed by atoms with Gasteiger partial charge in [0.15, 0.2) is 0 Å². The van der Waals surface area contributed by atoms with E-state index in [0.717, 1.165) is 5.69 Å². The first-order valence-corrected chi connectivity index (χ1v) is 3.47. The SMILES string of the molecule is CCO.NNc1ccccc1. The summed E-state index contributed by atoms with van der Waals surface area (Å²) in [7, 11) is 0. The molecular formula is C8H14N2O. The van der Waals surface area contributed by atoms with Crippen molar-refractivity contribution in [2.45, 2.75) is 6.92 Å². The van der Waals surface area contributed by atoms with E-state index in [1.165, 1.54) is 0 Å². The summed E-state index contributed by atoms with van der Waals surface area (Å²) in [5.74, 6) is 5.10. The Labute approximate surface area is 66.8 Å². The molecule has 0 aliphatic carbocycles. The standard InChI is InChI=1S/C6H8N2.C2H6O/c7-8-6-4-2-1-3-5-6;1-2-3/h1-5,8H,7H2;3H,2H2,1H3. The number of benzene rings is 1. The first-order chi connectivity index (χ1) is 5.35. The quantitative estimate of drug-likeness (QED) is 0.417. The van der Waals surface area contributed by atoms with Crippen molar-refractivity contribution in [2.75, 3.05) is 12.0 Å². The zero-order valence-electron chi connectivity index (χ0n) is 6.62. The van der Waals surface area contributed by atoms with E-state index < -0.39 is 0 Å². The van der Waals surface area contributed by atoms with Crippen molar-refractivity contribution in [2.24, 2.45) is 5.84 Å². The number of nitrogens with two attached hydrogens (primary N) is 1. The number of aliphatic hydroxyl groups excluding tert-OH is 1. The van der Waals surface area contributed by atoms with Crippen molar-refractivity contribution in [1.29, 1.82) is 0 Å². The normalized spacial score (nSPS) is 7.91. The van der Waals surface area contributed by atoms with E-state index in [1.54, 1.807) is 6.92 Å². The summed E-state index contributed by atoms with van der Waals surface area (Å²) in [5.41, 5.74) is 3.46. The van der Waals surface area contributed by atoms with E-state index in [2.05, 4.69) is 5.43 Å². The number of rotatable bonds is 1. The summed E-state index contributed by atoms with van der Waals surface area (Å²) in [6.45, 7) is 1.93. The van der Waals surface area contributed by atoms with Gasteiger partial charge in [-0.05, 0) is 19.1 Å². The van der Waals surface area contributed by atoms with Crippen LogP contribution in [0.2, 0.25) is 0 Å². The highest BCUT2D eigenvalue weighted by molar-refractivity contribution is 5.40. The molecule has 1 aromatic carbocycles. The van der Waals surface area contributed by atoms with Gasteiger partial charge < -0.3 is 10.5 Å². The number of hydrazine groups is 1. The third kappa shape index (κ3) is 5.39.